The molecule has 0 unspecified atom stereocenters. The van der Waals surface area contributed by atoms with Crippen LogP contribution in [0.25, 0.3) is 10.8 Å². The van der Waals surface area contributed by atoms with E-state index >= 15 is 0 Å². The van der Waals surface area contributed by atoms with Crippen molar-refractivity contribution in [3.05, 3.63) is 65.9 Å². The molecule has 0 bridgehead atoms. The molecular formula is C25H12ClN7Na4O14S4-2. The molecule has 0 saturated heterocycles. The zero-order valence-electron chi connectivity index (χ0n) is 28.2. The van der Waals surface area contributed by atoms with Crippen LogP contribution in [0.4, 0.5) is 34.6 Å². The second-order valence-electron chi connectivity index (χ2n) is 9.79. The molecule has 1 heterocycles. The Hall–Kier alpha value is -1.12. The van der Waals surface area contributed by atoms with Crippen LogP contribution in [0.15, 0.2) is 90.5 Å². The molecule has 0 aliphatic rings. The molecule has 0 amide bonds. The molecule has 55 heavy (non-hydrogen) atoms. The summed E-state index contributed by atoms with van der Waals surface area (Å²) in [7, 11) is -20.9. The molecule has 4 aromatic carbocycles. The first-order chi connectivity index (χ1) is 23.5. The minimum absolute atomic E-state index is 0. The van der Waals surface area contributed by atoms with Crippen LogP contribution in [0.1, 0.15) is 0 Å². The van der Waals surface area contributed by atoms with Crippen molar-refractivity contribution in [3.63, 3.8) is 0 Å². The zero-order valence-corrected chi connectivity index (χ0v) is 40.3. The molecule has 1 aromatic heterocycles. The summed E-state index contributed by atoms with van der Waals surface area (Å²) in [4.78, 5) is 7.63. The monoisotopic (exact) mass is 889 g/mol. The van der Waals surface area contributed by atoms with Crippen molar-refractivity contribution in [3.8, 4) is 11.5 Å². The van der Waals surface area contributed by atoms with Gasteiger partial charge in [-0.2, -0.15) is 20.1 Å². The molecule has 5 rings (SSSR count). The fourth-order valence-electron chi connectivity index (χ4n) is 4.22. The predicted octanol–water partition coefficient (Wildman–Crippen LogP) is -10.6. The number of benzene rings is 4. The van der Waals surface area contributed by atoms with E-state index in [-0.39, 0.29) is 130 Å². The van der Waals surface area contributed by atoms with E-state index in [0.717, 1.165) is 12.1 Å². The van der Waals surface area contributed by atoms with E-state index in [4.69, 9.17) is 11.6 Å². The van der Waals surface area contributed by atoms with Crippen LogP contribution < -0.4 is 139 Å². The van der Waals surface area contributed by atoms with Crippen LogP contribution in [0.5, 0.6) is 11.5 Å². The third kappa shape index (κ3) is 12.9. The van der Waals surface area contributed by atoms with E-state index in [2.05, 4.69) is 35.8 Å². The fraction of sp³-hybridized carbons (Fsp3) is 0. The van der Waals surface area contributed by atoms with E-state index in [1.54, 1.807) is 0 Å². The van der Waals surface area contributed by atoms with Gasteiger partial charge in [-0.15, -0.1) is 5.11 Å². The molecule has 0 atom stereocenters. The van der Waals surface area contributed by atoms with E-state index in [1.807, 2.05) is 0 Å². The third-order valence-electron chi connectivity index (χ3n) is 6.39. The number of fused-ring (bicyclic) bond motifs is 1. The second-order valence-corrected chi connectivity index (χ2v) is 15.6. The number of halogens is 1. The van der Waals surface area contributed by atoms with Gasteiger partial charge in [0, 0.05) is 11.4 Å². The zero-order chi connectivity index (χ0) is 37.7. The topological polar surface area (TPSA) is 362 Å². The minimum atomic E-state index is -5.65. The maximum absolute atomic E-state index is 13.8. The number of nitrogens with one attached hydrogen (secondary N) is 2. The summed E-state index contributed by atoms with van der Waals surface area (Å²) in [5.41, 5.74) is -2.60. The summed E-state index contributed by atoms with van der Waals surface area (Å²) < 4.78 is 140. The van der Waals surface area contributed by atoms with Crippen molar-refractivity contribution < 1.29 is 180 Å². The maximum Gasteiger partial charge on any atom is 1.00 e. The van der Waals surface area contributed by atoms with Gasteiger partial charge in [0.25, 0.3) is 0 Å². The summed E-state index contributed by atoms with van der Waals surface area (Å²) in [5.74, 6) is -3.40. The van der Waals surface area contributed by atoms with Gasteiger partial charge in [-0.1, -0.05) is 17.6 Å². The first kappa shape index (κ1) is 51.9. The molecule has 0 radical (unpaired) electrons. The smallest absolute Gasteiger partial charge is 0.871 e. The SMILES string of the molecule is O=S(=O)([O-])c1ccc(Nc2nc(Cl)nc(Nc3cc(S(=O)(=O)[O-])cc4cc(S(=O)(=O)[O-])c(N=Nc5cc(S(=O)(=O)[O-])ccc5[O-])c([O-])c34)n2)cc1.[Na+].[Na+].[Na+].[Na+]. The maximum atomic E-state index is 13.8. The Morgan fingerprint density at radius 3 is 1.64 bits per heavy atom. The number of anilines is 4. The minimum Gasteiger partial charge on any atom is -0.871 e. The van der Waals surface area contributed by atoms with Crippen molar-refractivity contribution in [1.82, 2.24) is 15.0 Å². The summed E-state index contributed by atoms with van der Waals surface area (Å²) in [6.45, 7) is 0. The quantitative estimate of drug-likeness (QED) is 0.0747. The van der Waals surface area contributed by atoms with Gasteiger partial charge in [-0.25, -0.2) is 33.7 Å². The van der Waals surface area contributed by atoms with E-state index < -0.39 is 111 Å². The molecule has 0 fully saturated rings. The number of azo groups is 1. The largest absolute Gasteiger partial charge is 1.00 e. The van der Waals surface area contributed by atoms with Crippen LogP contribution in [0.2, 0.25) is 5.28 Å². The van der Waals surface area contributed by atoms with E-state index in [0.29, 0.717) is 36.4 Å². The van der Waals surface area contributed by atoms with Crippen LogP contribution in [0, 0.1) is 0 Å². The molecule has 268 valence electrons. The van der Waals surface area contributed by atoms with Crippen molar-refractivity contribution >= 4 is 97.5 Å². The van der Waals surface area contributed by atoms with Crippen molar-refractivity contribution in [2.24, 2.45) is 10.2 Å². The molecular weight excluding hydrogens is 878 g/mol. The standard InChI is InChI=1S/C25H18ClN7O14S4.4Na/c26-23-29-24(27-12-1-3-13(4-2-12)48(36,37)38)31-25(30-23)28-17-10-15(50(42,43)44)7-11-8-19(51(45,46)47)21(22(35)20(11)17)33-32-16-9-14(49(39,40)41)5-6-18(16)34;;;;/h1-10,34-35H,(H,36,37,38)(H,39,40,41)(H,42,43,44)(H,45,46,47)(H2,27,28,29,30,31);;;;/q;4*+1/p-6. The van der Waals surface area contributed by atoms with Crippen LogP contribution in [-0.2, 0) is 40.5 Å². The van der Waals surface area contributed by atoms with Gasteiger partial charge in [-0.05, 0) is 77.0 Å². The van der Waals surface area contributed by atoms with Crippen molar-refractivity contribution in [2.75, 3.05) is 10.6 Å². The van der Waals surface area contributed by atoms with Crippen LogP contribution >= 0.6 is 11.6 Å². The second kappa shape index (κ2) is 19.8. The predicted molar refractivity (Wildman–Crippen MR) is 163 cm³/mol. The van der Waals surface area contributed by atoms with Crippen molar-refractivity contribution in [2.45, 2.75) is 19.6 Å². The number of aromatic nitrogens is 3. The molecule has 2 N–H and O–H groups in total. The Labute approximate surface area is 405 Å². The average Bonchev–Trinajstić information content (AvgIpc) is 2.99. The Morgan fingerprint density at radius 1 is 0.582 bits per heavy atom. The van der Waals surface area contributed by atoms with Gasteiger partial charge in [0.2, 0.25) is 17.2 Å². The number of hydrogen-bond donors (Lipinski definition) is 2. The first-order valence-electron chi connectivity index (χ1n) is 12.9. The van der Waals surface area contributed by atoms with Gasteiger partial charge in [0.15, 0.2) is 0 Å². The number of rotatable bonds is 10. The molecule has 30 heteroatoms. The van der Waals surface area contributed by atoms with E-state index in [9.17, 15) is 62.1 Å². The van der Waals surface area contributed by atoms with Gasteiger partial charge in [0.1, 0.15) is 40.5 Å². The molecule has 0 saturated carbocycles. The Bertz CT molecular complexity index is 2750. The fourth-order valence-corrected chi connectivity index (χ4v) is 6.52. The molecule has 21 nitrogen and oxygen atoms in total. The van der Waals surface area contributed by atoms with Crippen LogP contribution in [0.3, 0.4) is 0 Å². The van der Waals surface area contributed by atoms with Gasteiger partial charge >= 0.3 is 118 Å². The Balaban J connectivity index is 0.00000378. The Morgan fingerprint density at radius 2 is 1.11 bits per heavy atom. The average molecular weight is 890 g/mol. The summed E-state index contributed by atoms with van der Waals surface area (Å²) in [5, 5.41) is 36.0. The molecule has 0 aliphatic heterocycles. The van der Waals surface area contributed by atoms with E-state index in [1.165, 1.54) is 12.1 Å². The molecule has 5 aromatic rings. The Kier molecular flexibility index (Phi) is 18.6. The van der Waals surface area contributed by atoms with Gasteiger partial charge in [-0.3, -0.25) is 0 Å². The van der Waals surface area contributed by atoms with Gasteiger partial charge in [0.05, 0.1) is 31.0 Å². The normalized spacial score (nSPS) is 11.8. The summed E-state index contributed by atoms with van der Waals surface area (Å²) in [6.07, 6.45) is 0. The number of nitrogens with zero attached hydrogens (tertiary/aromatic N) is 5. The summed E-state index contributed by atoms with van der Waals surface area (Å²) in [6, 6.07) is 7.66. The third-order valence-corrected chi connectivity index (χ3v) is 9.91. The van der Waals surface area contributed by atoms with Gasteiger partial charge < -0.3 is 39.1 Å². The van der Waals surface area contributed by atoms with Crippen molar-refractivity contribution in [1.29, 1.82) is 0 Å². The molecule has 0 aliphatic carbocycles. The molecule has 0 spiro atoms. The summed E-state index contributed by atoms with van der Waals surface area (Å²) >= 11 is 5.99. The number of hydrogen-bond acceptors (Lipinski definition) is 21. The van der Waals surface area contributed by atoms with Crippen LogP contribution in [-0.4, -0.2) is 66.8 Å². The first-order valence-corrected chi connectivity index (χ1v) is 19.0.